The van der Waals surface area contributed by atoms with Crippen LogP contribution in [0, 0.1) is 0 Å². The van der Waals surface area contributed by atoms with Crippen LogP contribution in [0.3, 0.4) is 0 Å². The molecule has 0 spiro atoms. The van der Waals surface area contributed by atoms with E-state index in [-0.39, 0.29) is 17.7 Å². The molecule has 2 aromatic heterocycles. The third kappa shape index (κ3) is 4.24. The minimum absolute atomic E-state index is 0.00182. The van der Waals surface area contributed by atoms with Gasteiger partial charge in [0.2, 0.25) is 0 Å². The Morgan fingerprint density at radius 2 is 1.97 bits per heavy atom. The summed E-state index contributed by atoms with van der Waals surface area (Å²) >= 11 is 3.12. The van der Waals surface area contributed by atoms with E-state index in [0.717, 1.165) is 29.9 Å². The highest BCUT2D eigenvalue weighted by atomic mass is 32.1. The summed E-state index contributed by atoms with van der Waals surface area (Å²) in [5, 5.41) is 5.86. The summed E-state index contributed by atoms with van der Waals surface area (Å²) in [6, 6.07) is 19.0. The fourth-order valence-electron chi connectivity index (χ4n) is 3.94. The summed E-state index contributed by atoms with van der Waals surface area (Å²) in [6.45, 7) is 1.41. The molecule has 5 rings (SSSR count). The normalized spacial score (nSPS) is 16.4. The van der Waals surface area contributed by atoms with Crippen molar-refractivity contribution >= 4 is 50.4 Å². The lowest BCUT2D eigenvalue weighted by atomic mass is 9.98. The van der Waals surface area contributed by atoms with E-state index < -0.39 is 0 Å². The van der Waals surface area contributed by atoms with Crippen molar-refractivity contribution in [2.24, 2.45) is 0 Å². The topological polar surface area (TPSA) is 62.3 Å². The van der Waals surface area contributed by atoms with Gasteiger partial charge in [0, 0.05) is 30.3 Å². The van der Waals surface area contributed by atoms with E-state index in [1.54, 1.807) is 23.5 Å². The SMILES string of the molecule is O=C(Nc1cccc(C(=O)N2CCC[C@@H](c3nc4ccccc4s3)C2)c1)c1cccs1. The van der Waals surface area contributed by atoms with Crippen molar-refractivity contribution in [3.05, 3.63) is 81.5 Å². The van der Waals surface area contributed by atoms with Crippen LogP contribution in [0.25, 0.3) is 10.2 Å². The molecular weight excluding hydrogens is 426 g/mol. The van der Waals surface area contributed by atoms with Crippen molar-refractivity contribution in [3.63, 3.8) is 0 Å². The van der Waals surface area contributed by atoms with Crippen molar-refractivity contribution in [2.45, 2.75) is 18.8 Å². The molecule has 1 aliphatic rings. The van der Waals surface area contributed by atoms with Gasteiger partial charge in [0.1, 0.15) is 0 Å². The third-order valence-corrected chi connectivity index (χ3v) is 7.55. The monoisotopic (exact) mass is 447 g/mol. The summed E-state index contributed by atoms with van der Waals surface area (Å²) in [6.07, 6.45) is 2.00. The molecule has 1 aliphatic heterocycles. The number of fused-ring (bicyclic) bond motifs is 1. The van der Waals surface area contributed by atoms with Crippen LogP contribution >= 0.6 is 22.7 Å². The maximum Gasteiger partial charge on any atom is 0.265 e. The number of likely N-dealkylation sites (tertiary alicyclic amines) is 1. The van der Waals surface area contributed by atoms with Gasteiger partial charge in [0.15, 0.2) is 0 Å². The molecule has 0 aliphatic carbocycles. The number of hydrogen-bond donors (Lipinski definition) is 1. The number of rotatable bonds is 4. The molecule has 2 amide bonds. The number of piperidine rings is 1. The van der Waals surface area contributed by atoms with Crippen molar-refractivity contribution in [3.8, 4) is 0 Å². The molecule has 1 N–H and O–H groups in total. The Bertz CT molecular complexity index is 1200. The summed E-state index contributed by atoms with van der Waals surface area (Å²) in [5.74, 6) is 0.100. The predicted octanol–water partition coefficient (Wildman–Crippen LogP) is 5.63. The van der Waals surface area contributed by atoms with Crippen LogP contribution in [0.5, 0.6) is 0 Å². The second-order valence-electron chi connectivity index (χ2n) is 7.62. The highest BCUT2D eigenvalue weighted by molar-refractivity contribution is 7.18. The molecule has 0 bridgehead atoms. The molecule has 1 atom stereocenters. The maximum absolute atomic E-state index is 13.2. The number of aromatic nitrogens is 1. The Hall–Kier alpha value is -3.03. The van der Waals surface area contributed by atoms with Gasteiger partial charge in [-0.25, -0.2) is 4.98 Å². The van der Waals surface area contributed by atoms with Crippen molar-refractivity contribution in [1.82, 2.24) is 9.88 Å². The Kier molecular flexibility index (Phi) is 5.53. The lowest BCUT2D eigenvalue weighted by molar-refractivity contribution is 0.0707. The smallest absolute Gasteiger partial charge is 0.265 e. The standard InChI is InChI=1S/C24H21N3O2S2/c28-22(21-11-5-13-30-21)25-18-8-3-6-16(14-18)24(29)27-12-4-7-17(15-27)23-26-19-9-1-2-10-20(19)31-23/h1-3,5-6,8-11,13-14,17H,4,7,12,15H2,(H,25,28)/t17-/m1/s1. The van der Waals surface area contributed by atoms with Gasteiger partial charge in [-0.2, -0.15) is 0 Å². The number of thiazole rings is 1. The summed E-state index contributed by atoms with van der Waals surface area (Å²) in [4.78, 5) is 32.9. The minimum Gasteiger partial charge on any atom is -0.338 e. The summed E-state index contributed by atoms with van der Waals surface area (Å²) in [7, 11) is 0. The molecule has 31 heavy (non-hydrogen) atoms. The van der Waals surface area contributed by atoms with Gasteiger partial charge in [0.05, 0.1) is 20.1 Å². The van der Waals surface area contributed by atoms with Crippen LogP contribution in [0.1, 0.15) is 43.8 Å². The van der Waals surface area contributed by atoms with Crippen molar-refractivity contribution < 1.29 is 9.59 Å². The number of para-hydroxylation sites is 1. The van der Waals surface area contributed by atoms with E-state index in [2.05, 4.69) is 11.4 Å². The van der Waals surface area contributed by atoms with Crippen LogP contribution in [0.2, 0.25) is 0 Å². The molecular formula is C24H21N3O2S2. The second-order valence-corrected chi connectivity index (χ2v) is 9.63. The summed E-state index contributed by atoms with van der Waals surface area (Å²) < 4.78 is 1.19. The van der Waals surface area contributed by atoms with Crippen LogP contribution < -0.4 is 5.32 Å². The zero-order valence-corrected chi connectivity index (χ0v) is 18.4. The number of nitrogens with zero attached hydrogens (tertiary/aromatic N) is 2. The number of nitrogens with one attached hydrogen (secondary N) is 1. The number of hydrogen-bond acceptors (Lipinski definition) is 5. The van der Waals surface area contributed by atoms with Gasteiger partial charge >= 0.3 is 0 Å². The first-order valence-electron chi connectivity index (χ1n) is 10.3. The number of carbonyl (C=O) groups is 2. The molecule has 1 fully saturated rings. The number of amides is 2. The molecule has 5 nitrogen and oxygen atoms in total. The van der Waals surface area contributed by atoms with E-state index in [1.165, 1.54) is 16.0 Å². The molecule has 7 heteroatoms. The van der Waals surface area contributed by atoms with Crippen LogP contribution in [0.4, 0.5) is 5.69 Å². The molecule has 2 aromatic carbocycles. The first kappa shape index (κ1) is 19.9. The zero-order valence-electron chi connectivity index (χ0n) is 16.8. The molecule has 0 saturated carbocycles. The van der Waals surface area contributed by atoms with E-state index in [4.69, 9.17) is 4.98 Å². The van der Waals surface area contributed by atoms with E-state index in [1.807, 2.05) is 52.7 Å². The fourth-order valence-corrected chi connectivity index (χ4v) is 5.65. The lowest BCUT2D eigenvalue weighted by Gasteiger charge is -2.32. The Balaban J connectivity index is 1.31. The number of thiophene rings is 1. The predicted molar refractivity (Wildman–Crippen MR) is 126 cm³/mol. The van der Waals surface area contributed by atoms with Gasteiger partial charge in [-0.15, -0.1) is 22.7 Å². The second kappa shape index (κ2) is 8.61. The molecule has 1 saturated heterocycles. The lowest BCUT2D eigenvalue weighted by Crippen LogP contribution is -2.39. The van der Waals surface area contributed by atoms with E-state index in [0.29, 0.717) is 22.7 Å². The number of carbonyl (C=O) groups excluding carboxylic acids is 2. The maximum atomic E-state index is 13.2. The average Bonchev–Trinajstić information content (AvgIpc) is 3.49. The van der Waals surface area contributed by atoms with Crippen LogP contribution in [-0.2, 0) is 0 Å². The third-order valence-electron chi connectivity index (χ3n) is 5.48. The largest absolute Gasteiger partial charge is 0.338 e. The Morgan fingerprint density at radius 3 is 2.81 bits per heavy atom. The molecule has 156 valence electrons. The number of anilines is 1. The van der Waals surface area contributed by atoms with Crippen molar-refractivity contribution in [2.75, 3.05) is 18.4 Å². The first-order valence-corrected chi connectivity index (χ1v) is 12.0. The number of benzene rings is 2. The van der Waals surface area contributed by atoms with Gasteiger partial charge < -0.3 is 10.2 Å². The minimum atomic E-state index is -0.159. The first-order chi connectivity index (χ1) is 15.2. The van der Waals surface area contributed by atoms with E-state index >= 15 is 0 Å². The zero-order chi connectivity index (χ0) is 21.2. The Morgan fingerprint density at radius 1 is 1.06 bits per heavy atom. The van der Waals surface area contributed by atoms with Gasteiger partial charge in [0.25, 0.3) is 11.8 Å². The van der Waals surface area contributed by atoms with Gasteiger partial charge in [-0.1, -0.05) is 24.3 Å². The van der Waals surface area contributed by atoms with Gasteiger partial charge in [-0.3, -0.25) is 9.59 Å². The molecule has 0 unspecified atom stereocenters. The highest BCUT2D eigenvalue weighted by Gasteiger charge is 2.27. The van der Waals surface area contributed by atoms with Gasteiger partial charge in [-0.05, 0) is 54.6 Å². The van der Waals surface area contributed by atoms with Crippen LogP contribution in [0.15, 0.2) is 66.0 Å². The summed E-state index contributed by atoms with van der Waals surface area (Å²) in [5.41, 5.74) is 2.25. The quantitative estimate of drug-likeness (QED) is 0.441. The van der Waals surface area contributed by atoms with Crippen molar-refractivity contribution in [1.29, 1.82) is 0 Å². The average molecular weight is 448 g/mol. The molecule has 0 radical (unpaired) electrons. The van der Waals surface area contributed by atoms with Crippen LogP contribution in [-0.4, -0.2) is 34.8 Å². The molecule has 4 aromatic rings. The molecule has 3 heterocycles. The Labute approximate surface area is 188 Å². The highest BCUT2D eigenvalue weighted by Crippen LogP contribution is 2.33. The van der Waals surface area contributed by atoms with E-state index in [9.17, 15) is 9.59 Å². The fraction of sp³-hybridized carbons (Fsp3) is 0.208.